The molecule has 184 valence electrons. The highest BCUT2D eigenvalue weighted by Crippen LogP contribution is 2.18. The average Bonchev–Trinajstić information content (AvgIpc) is 3.25. The van der Waals surface area contributed by atoms with Crippen molar-refractivity contribution in [2.75, 3.05) is 6.54 Å². The molecular formula is C25H29N5O5. The molecule has 7 N–H and O–H groups in total. The van der Waals surface area contributed by atoms with Crippen LogP contribution in [0.2, 0.25) is 0 Å². The quantitative estimate of drug-likeness (QED) is 0.234. The zero-order valence-electron chi connectivity index (χ0n) is 19.3. The van der Waals surface area contributed by atoms with Crippen LogP contribution >= 0.6 is 0 Å². The Labute approximate surface area is 202 Å². The molecule has 1 heterocycles. The van der Waals surface area contributed by atoms with Crippen molar-refractivity contribution >= 4 is 34.6 Å². The van der Waals surface area contributed by atoms with Gasteiger partial charge in [-0.25, -0.2) is 0 Å². The van der Waals surface area contributed by atoms with Crippen LogP contribution < -0.4 is 21.7 Å². The first-order chi connectivity index (χ1) is 16.7. The molecule has 0 radical (unpaired) electrons. The highest BCUT2D eigenvalue weighted by Gasteiger charge is 2.26. The average molecular weight is 480 g/mol. The summed E-state index contributed by atoms with van der Waals surface area (Å²) in [6.07, 6.45) is 2.23. The van der Waals surface area contributed by atoms with Crippen LogP contribution in [-0.4, -0.2) is 58.5 Å². The number of carboxylic acid groups (broad SMARTS) is 1. The smallest absolute Gasteiger partial charge is 0.322 e. The van der Waals surface area contributed by atoms with Crippen LogP contribution in [-0.2, 0) is 32.0 Å². The number of carbonyl (C=O) groups is 4. The number of nitrogens with two attached hydrogens (primary N) is 1. The van der Waals surface area contributed by atoms with Crippen molar-refractivity contribution in [1.29, 1.82) is 0 Å². The Morgan fingerprint density at radius 2 is 1.60 bits per heavy atom. The molecule has 3 rings (SSSR count). The van der Waals surface area contributed by atoms with Gasteiger partial charge in [0.2, 0.25) is 17.7 Å². The number of H-pyrrole nitrogens is 1. The van der Waals surface area contributed by atoms with Crippen LogP contribution in [0.25, 0.3) is 10.9 Å². The van der Waals surface area contributed by atoms with E-state index in [1.807, 2.05) is 30.3 Å². The number of para-hydroxylation sites is 1. The molecule has 35 heavy (non-hydrogen) atoms. The Hall–Kier alpha value is -4.18. The predicted molar refractivity (Wildman–Crippen MR) is 130 cm³/mol. The van der Waals surface area contributed by atoms with Crippen molar-refractivity contribution < 1.29 is 24.3 Å². The maximum atomic E-state index is 12.8. The molecule has 3 amide bonds. The van der Waals surface area contributed by atoms with E-state index in [1.54, 1.807) is 30.5 Å². The number of amides is 3. The van der Waals surface area contributed by atoms with Crippen molar-refractivity contribution in [3.8, 4) is 0 Å². The molecule has 2 aromatic carbocycles. The van der Waals surface area contributed by atoms with Crippen LogP contribution in [0.15, 0.2) is 60.8 Å². The summed E-state index contributed by atoms with van der Waals surface area (Å²) in [4.78, 5) is 51.9. The van der Waals surface area contributed by atoms with Gasteiger partial charge in [0.25, 0.3) is 0 Å². The Bertz CT molecular complexity index is 1190. The summed E-state index contributed by atoms with van der Waals surface area (Å²) in [6, 6.07) is 13.8. The van der Waals surface area contributed by atoms with Crippen LogP contribution in [0, 0.1) is 0 Å². The van der Waals surface area contributed by atoms with Gasteiger partial charge >= 0.3 is 5.97 Å². The van der Waals surface area contributed by atoms with Crippen LogP contribution in [0.5, 0.6) is 0 Å². The lowest BCUT2D eigenvalue weighted by atomic mass is 10.0. The van der Waals surface area contributed by atoms with Crippen molar-refractivity contribution in [2.24, 2.45) is 5.73 Å². The van der Waals surface area contributed by atoms with Gasteiger partial charge in [-0.3, -0.25) is 19.2 Å². The van der Waals surface area contributed by atoms with E-state index in [1.165, 1.54) is 6.92 Å². The minimum Gasteiger partial charge on any atom is -0.480 e. The zero-order valence-corrected chi connectivity index (χ0v) is 19.3. The molecule has 0 saturated heterocycles. The van der Waals surface area contributed by atoms with Gasteiger partial charge in [0.15, 0.2) is 0 Å². The third-order valence-corrected chi connectivity index (χ3v) is 5.53. The number of benzene rings is 2. The van der Waals surface area contributed by atoms with Gasteiger partial charge < -0.3 is 31.8 Å². The van der Waals surface area contributed by atoms with Crippen molar-refractivity contribution in [1.82, 2.24) is 20.9 Å². The zero-order chi connectivity index (χ0) is 25.4. The summed E-state index contributed by atoms with van der Waals surface area (Å²) in [5.41, 5.74) is 8.69. The van der Waals surface area contributed by atoms with E-state index < -0.39 is 48.4 Å². The Kier molecular flexibility index (Phi) is 8.58. The number of carboxylic acids is 1. The number of aromatic amines is 1. The molecule has 0 spiro atoms. The van der Waals surface area contributed by atoms with Crippen LogP contribution in [0.4, 0.5) is 0 Å². The molecule has 0 bridgehead atoms. The second-order valence-corrected chi connectivity index (χ2v) is 8.26. The molecule has 0 aliphatic carbocycles. The van der Waals surface area contributed by atoms with Gasteiger partial charge in [-0.1, -0.05) is 48.5 Å². The van der Waals surface area contributed by atoms with Gasteiger partial charge in [-0.2, -0.15) is 0 Å². The lowest BCUT2D eigenvalue weighted by Crippen LogP contribution is -2.55. The third-order valence-electron chi connectivity index (χ3n) is 5.53. The first kappa shape index (κ1) is 25.4. The molecule has 10 heteroatoms. The second kappa shape index (κ2) is 11.8. The van der Waals surface area contributed by atoms with Crippen LogP contribution in [0.3, 0.4) is 0 Å². The summed E-state index contributed by atoms with van der Waals surface area (Å²) >= 11 is 0. The summed E-state index contributed by atoms with van der Waals surface area (Å²) in [5.74, 6) is -2.94. The monoisotopic (exact) mass is 479 g/mol. The number of aliphatic carboxylic acids is 1. The fraction of sp³-hybridized carbons (Fsp3) is 0.280. The van der Waals surface area contributed by atoms with Gasteiger partial charge in [-0.15, -0.1) is 0 Å². The normalized spacial score (nSPS) is 13.4. The number of hydrogen-bond donors (Lipinski definition) is 6. The number of rotatable bonds is 11. The van der Waals surface area contributed by atoms with Gasteiger partial charge in [0.05, 0.1) is 6.04 Å². The molecule has 3 unspecified atom stereocenters. The third kappa shape index (κ3) is 7.15. The molecule has 0 fully saturated rings. The lowest BCUT2D eigenvalue weighted by Gasteiger charge is -2.22. The molecule has 10 nitrogen and oxygen atoms in total. The number of hydrogen-bond acceptors (Lipinski definition) is 5. The van der Waals surface area contributed by atoms with Crippen molar-refractivity contribution in [2.45, 2.75) is 37.9 Å². The number of carbonyl (C=O) groups excluding carboxylic acids is 3. The van der Waals surface area contributed by atoms with Gasteiger partial charge in [-0.05, 0) is 30.5 Å². The molecule has 0 aliphatic rings. The maximum Gasteiger partial charge on any atom is 0.322 e. The number of nitrogens with one attached hydrogen (secondary N) is 4. The maximum absolute atomic E-state index is 12.8. The molecule has 0 saturated carbocycles. The van der Waals surface area contributed by atoms with E-state index in [-0.39, 0.29) is 12.8 Å². The van der Waals surface area contributed by atoms with Crippen molar-refractivity contribution in [3.05, 3.63) is 71.9 Å². The number of fused-ring (bicyclic) bond motifs is 1. The molecule has 1 aromatic heterocycles. The summed E-state index contributed by atoms with van der Waals surface area (Å²) in [7, 11) is 0. The second-order valence-electron chi connectivity index (χ2n) is 8.26. The molecule has 3 atom stereocenters. The van der Waals surface area contributed by atoms with Crippen molar-refractivity contribution in [3.63, 3.8) is 0 Å². The highest BCUT2D eigenvalue weighted by atomic mass is 16.4. The summed E-state index contributed by atoms with van der Waals surface area (Å²) < 4.78 is 0. The highest BCUT2D eigenvalue weighted by molar-refractivity contribution is 5.94. The van der Waals surface area contributed by atoms with E-state index in [9.17, 15) is 19.2 Å². The van der Waals surface area contributed by atoms with Gasteiger partial charge in [0.1, 0.15) is 18.6 Å². The number of aromatic nitrogens is 1. The van der Waals surface area contributed by atoms with E-state index >= 15 is 0 Å². The Morgan fingerprint density at radius 3 is 2.31 bits per heavy atom. The fourth-order valence-corrected chi connectivity index (χ4v) is 3.66. The Morgan fingerprint density at radius 1 is 0.914 bits per heavy atom. The first-order valence-electron chi connectivity index (χ1n) is 11.2. The molecule has 0 aliphatic heterocycles. The molecule has 3 aromatic rings. The summed E-state index contributed by atoms with van der Waals surface area (Å²) in [5, 5.41) is 17.3. The standard InChI is InChI=1S/C25H29N5O5/c1-15(29-24(34)19(26)12-17-13-27-20-10-6-5-9-18(17)20)23(33)30-21(25(35)28-14-22(31)32)11-16-7-3-2-4-8-16/h2-10,13,15,19,21,27H,11-12,14,26H2,1H3,(H,28,35)(H,29,34)(H,30,33)(H,31,32). The first-order valence-corrected chi connectivity index (χ1v) is 11.2. The van der Waals surface area contributed by atoms with E-state index in [0.717, 1.165) is 22.0 Å². The largest absolute Gasteiger partial charge is 0.480 e. The lowest BCUT2D eigenvalue weighted by molar-refractivity contribution is -0.138. The minimum absolute atomic E-state index is 0.152. The minimum atomic E-state index is -1.20. The Balaban J connectivity index is 1.60. The summed E-state index contributed by atoms with van der Waals surface area (Å²) in [6.45, 7) is 0.912. The SMILES string of the molecule is CC(NC(=O)C(N)Cc1c[nH]c2ccccc12)C(=O)NC(Cc1ccccc1)C(=O)NCC(=O)O. The predicted octanol–water partition coefficient (Wildman–Crippen LogP) is 0.471. The topological polar surface area (TPSA) is 166 Å². The van der Waals surface area contributed by atoms with E-state index in [4.69, 9.17) is 10.8 Å². The van der Waals surface area contributed by atoms with E-state index in [2.05, 4.69) is 20.9 Å². The fourth-order valence-electron chi connectivity index (χ4n) is 3.66. The van der Waals surface area contributed by atoms with E-state index in [0.29, 0.717) is 0 Å². The molecular weight excluding hydrogens is 450 g/mol. The van der Waals surface area contributed by atoms with Crippen LogP contribution in [0.1, 0.15) is 18.1 Å². The van der Waals surface area contributed by atoms with Gasteiger partial charge in [0, 0.05) is 23.5 Å².